The minimum absolute atomic E-state index is 0.126. The van der Waals surface area contributed by atoms with Crippen molar-refractivity contribution in [2.75, 3.05) is 18.4 Å². The fraction of sp³-hybridized carbons (Fsp3) is 0.444. The van der Waals surface area contributed by atoms with Gasteiger partial charge in [-0.05, 0) is 62.0 Å². The molecule has 0 radical (unpaired) electrons. The van der Waals surface area contributed by atoms with E-state index in [4.69, 9.17) is 0 Å². The Morgan fingerprint density at radius 3 is 2.70 bits per heavy atom. The molecule has 1 atom stereocenters. The molecule has 1 aliphatic heterocycles. The monoisotopic (exact) mass is 611 g/mol. The molecule has 1 unspecified atom stereocenters. The van der Waals surface area contributed by atoms with Gasteiger partial charge in [0, 0.05) is 25.7 Å². The average molecular weight is 612 g/mol. The SMILES string of the molecule is O=C(CC1CCNCC1)Nc1ccn(CCC(F)Cn2cc(C(=O)NCc3cccc(OC(F)(F)F)c3)nn2)c(=O)c1F. The average Bonchev–Trinajstić information content (AvgIpc) is 3.42. The van der Waals surface area contributed by atoms with Gasteiger partial charge in [-0.2, -0.15) is 4.39 Å². The van der Waals surface area contributed by atoms with E-state index in [9.17, 15) is 36.3 Å². The van der Waals surface area contributed by atoms with Gasteiger partial charge in [0.25, 0.3) is 11.5 Å². The van der Waals surface area contributed by atoms with Crippen LogP contribution in [0.2, 0.25) is 0 Å². The van der Waals surface area contributed by atoms with E-state index in [1.165, 1.54) is 30.6 Å². The number of hydrogen-bond donors (Lipinski definition) is 3. The first-order valence-electron chi connectivity index (χ1n) is 13.5. The second-order valence-corrected chi connectivity index (χ2v) is 10.1. The number of rotatable bonds is 12. The van der Waals surface area contributed by atoms with Gasteiger partial charge in [0.2, 0.25) is 11.7 Å². The summed E-state index contributed by atoms with van der Waals surface area (Å²) in [6.07, 6.45) is -2.18. The van der Waals surface area contributed by atoms with Gasteiger partial charge in [-0.15, -0.1) is 18.3 Å². The molecule has 1 fully saturated rings. The van der Waals surface area contributed by atoms with Gasteiger partial charge in [-0.1, -0.05) is 17.3 Å². The molecule has 43 heavy (non-hydrogen) atoms. The molecule has 16 heteroatoms. The largest absolute Gasteiger partial charge is 0.573 e. The summed E-state index contributed by atoms with van der Waals surface area (Å²) in [4.78, 5) is 37.1. The third-order valence-corrected chi connectivity index (χ3v) is 6.74. The van der Waals surface area contributed by atoms with Gasteiger partial charge >= 0.3 is 6.36 Å². The Balaban J connectivity index is 1.24. The Morgan fingerprint density at radius 2 is 1.95 bits per heavy atom. The minimum Gasteiger partial charge on any atom is -0.406 e. The van der Waals surface area contributed by atoms with Crippen LogP contribution in [0.25, 0.3) is 0 Å². The van der Waals surface area contributed by atoms with Crippen molar-refractivity contribution in [1.29, 1.82) is 0 Å². The number of halogens is 5. The van der Waals surface area contributed by atoms with Gasteiger partial charge in [0.1, 0.15) is 11.9 Å². The lowest BCUT2D eigenvalue weighted by Gasteiger charge is -2.22. The lowest BCUT2D eigenvalue weighted by molar-refractivity contribution is -0.274. The Hall–Kier alpha value is -4.34. The molecule has 1 saturated heterocycles. The number of amides is 2. The smallest absolute Gasteiger partial charge is 0.406 e. The van der Waals surface area contributed by atoms with Crippen molar-refractivity contribution in [2.45, 2.75) is 57.9 Å². The van der Waals surface area contributed by atoms with E-state index in [1.807, 2.05) is 0 Å². The van der Waals surface area contributed by atoms with Crippen LogP contribution in [0.4, 0.5) is 27.6 Å². The zero-order valence-electron chi connectivity index (χ0n) is 22.9. The third kappa shape index (κ3) is 9.59. The van der Waals surface area contributed by atoms with E-state index in [0.29, 0.717) is 5.56 Å². The standard InChI is InChI=1S/C27H30F5N7O4/c28-19(6-10-38-11-7-21(24(29)26(38)42)35-23(40)13-17-4-8-33-9-5-17)15-39-16-22(36-37-39)25(41)34-14-18-2-1-3-20(12-18)43-27(30,31)32/h1-3,7,11-12,16-17,19,33H,4-6,8-10,13-15H2,(H,34,41)(H,35,40). The van der Waals surface area contributed by atoms with Gasteiger partial charge in [-0.25, -0.2) is 9.07 Å². The van der Waals surface area contributed by atoms with E-state index >= 15 is 0 Å². The van der Waals surface area contributed by atoms with Crippen molar-refractivity contribution >= 4 is 17.5 Å². The molecular formula is C27H30F5N7O4. The van der Waals surface area contributed by atoms with Crippen LogP contribution in [0.3, 0.4) is 0 Å². The van der Waals surface area contributed by atoms with Crippen molar-refractivity contribution in [3.8, 4) is 5.75 Å². The summed E-state index contributed by atoms with van der Waals surface area (Å²) in [6, 6.07) is 6.33. The molecule has 11 nitrogen and oxygen atoms in total. The Kier molecular flexibility index (Phi) is 10.4. The Bertz CT molecular complexity index is 1470. The second kappa shape index (κ2) is 14.2. The maximum absolute atomic E-state index is 14.7. The molecule has 0 aliphatic carbocycles. The zero-order valence-corrected chi connectivity index (χ0v) is 22.9. The molecule has 0 spiro atoms. The highest BCUT2D eigenvalue weighted by Gasteiger charge is 2.31. The van der Waals surface area contributed by atoms with E-state index < -0.39 is 35.6 Å². The first kappa shape index (κ1) is 31.6. The zero-order chi connectivity index (χ0) is 31.0. The lowest BCUT2D eigenvalue weighted by atomic mass is 9.94. The van der Waals surface area contributed by atoms with Crippen LogP contribution in [-0.4, -0.2) is 57.0 Å². The summed E-state index contributed by atoms with van der Waals surface area (Å²) < 4.78 is 72.4. The summed E-state index contributed by atoms with van der Waals surface area (Å²) in [5.74, 6) is -2.45. The second-order valence-electron chi connectivity index (χ2n) is 10.1. The van der Waals surface area contributed by atoms with Crippen molar-refractivity contribution in [3.05, 3.63) is 70.2 Å². The quantitative estimate of drug-likeness (QED) is 0.268. The summed E-state index contributed by atoms with van der Waals surface area (Å²) in [5, 5.41) is 15.5. The number of nitrogens with one attached hydrogen (secondary N) is 3. The number of anilines is 1. The Morgan fingerprint density at radius 1 is 1.19 bits per heavy atom. The van der Waals surface area contributed by atoms with Gasteiger partial charge in [0.05, 0.1) is 18.4 Å². The van der Waals surface area contributed by atoms with E-state index in [-0.39, 0.29) is 55.7 Å². The molecular weight excluding hydrogens is 581 g/mol. The van der Waals surface area contributed by atoms with Gasteiger partial charge in [0.15, 0.2) is 5.69 Å². The fourth-order valence-electron chi connectivity index (χ4n) is 4.56. The normalized spacial score (nSPS) is 14.7. The molecule has 0 bridgehead atoms. The molecule has 1 aromatic carbocycles. The summed E-state index contributed by atoms with van der Waals surface area (Å²) in [5.41, 5.74) is -1.04. The van der Waals surface area contributed by atoms with Crippen LogP contribution >= 0.6 is 0 Å². The molecule has 4 rings (SSSR count). The van der Waals surface area contributed by atoms with Crippen LogP contribution in [0.15, 0.2) is 47.5 Å². The number of nitrogens with zero attached hydrogens (tertiary/aromatic N) is 4. The number of alkyl halides is 4. The molecule has 1 aliphatic rings. The summed E-state index contributed by atoms with van der Waals surface area (Å²) in [7, 11) is 0. The first-order valence-corrected chi connectivity index (χ1v) is 13.5. The number of hydrogen-bond acceptors (Lipinski definition) is 7. The van der Waals surface area contributed by atoms with Crippen molar-refractivity contribution in [1.82, 2.24) is 30.2 Å². The predicted octanol–water partition coefficient (Wildman–Crippen LogP) is 3.16. The van der Waals surface area contributed by atoms with Crippen molar-refractivity contribution in [2.24, 2.45) is 5.92 Å². The third-order valence-electron chi connectivity index (χ3n) is 6.74. The predicted molar refractivity (Wildman–Crippen MR) is 143 cm³/mol. The van der Waals surface area contributed by atoms with Gasteiger partial charge in [-0.3, -0.25) is 14.4 Å². The summed E-state index contributed by atoms with van der Waals surface area (Å²) >= 11 is 0. The highest BCUT2D eigenvalue weighted by atomic mass is 19.4. The van der Waals surface area contributed by atoms with Crippen LogP contribution in [0.5, 0.6) is 5.75 Å². The van der Waals surface area contributed by atoms with Crippen LogP contribution in [0.1, 0.15) is 41.7 Å². The van der Waals surface area contributed by atoms with E-state index in [1.54, 1.807) is 0 Å². The van der Waals surface area contributed by atoms with Crippen molar-refractivity contribution < 1.29 is 36.3 Å². The topological polar surface area (TPSA) is 132 Å². The number of benzene rings is 1. The highest BCUT2D eigenvalue weighted by molar-refractivity contribution is 5.92. The highest BCUT2D eigenvalue weighted by Crippen LogP contribution is 2.23. The molecule has 232 valence electrons. The van der Waals surface area contributed by atoms with E-state index in [2.05, 4.69) is 31.0 Å². The summed E-state index contributed by atoms with van der Waals surface area (Å²) in [6.45, 7) is 1.05. The lowest BCUT2D eigenvalue weighted by Crippen LogP contribution is -2.31. The Labute approximate surface area is 242 Å². The number of piperidine rings is 1. The number of carbonyl (C=O) groups is 2. The van der Waals surface area contributed by atoms with E-state index in [0.717, 1.165) is 47.3 Å². The first-order chi connectivity index (χ1) is 20.5. The molecule has 2 aromatic heterocycles. The molecule has 0 saturated carbocycles. The number of carbonyl (C=O) groups excluding carboxylic acids is 2. The maximum atomic E-state index is 14.7. The molecule has 3 N–H and O–H groups in total. The minimum atomic E-state index is -4.85. The van der Waals surface area contributed by atoms with Crippen LogP contribution in [0, 0.1) is 11.7 Å². The number of pyridine rings is 1. The van der Waals surface area contributed by atoms with Gasteiger partial charge < -0.3 is 25.3 Å². The van der Waals surface area contributed by atoms with Crippen LogP contribution < -0.4 is 26.2 Å². The number of ether oxygens (including phenoxy) is 1. The molecule has 2 amide bonds. The molecule has 3 aromatic rings. The molecule has 3 heterocycles. The number of aryl methyl sites for hydroxylation is 1. The fourth-order valence-corrected chi connectivity index (χ4v) is 4.56. The van der Waals surface area contributed by atoms with Crippen molar-refractivity contribution in [3.63, 3.8) is 0 Å². The van der Waals surface area contributed by atoms with Crippen LogP contribution in [-0.2, 0) is 24.4 Å². The number of aromatic nitrogens is 4. The maximum Gasteiger partial charge on any atom is 0.573 e.